The second-order valence-corrected chi connectivity index (χ2v) is 5.23. The molecule has 1 aliphatic heterocycles. The SMILES string of the molecule is CCC1CN(C(=O)CC(CN)OC)CCN1CCOC. The summed E-state index contributed by atoms with van der Waals surface area (Å²) in [5.74, 6) is 0.146. The molecule has 0 saturated carbocycles. The van der Waals surface area contributed by atoms with Gasteiger partial charge in [-0.2, -0.15) is 0 Å². The van der Waals surface area contributed by atoms with Crippen LogP contribution in [0.2, 0.25) is 0 Å². The molecule has 0 aromatic carbocycles. The topological polar surface area (TPSA) is 68.0 Å². The molecule has 0 aromatic heterocycles. The third kappa shape index (κ3) is 5.01. The predicted molar refractivity (Wildman–Crippen MR) is 78.6 cm³/mol. The molecule has 0 aliphatic carbocycles. The quantitative estimate of drug-likeness (QED) is 0.676. The highest BCUT2D eigenvalue weighted by Crippen LogP contribution is 2.14. The van der Waals surface area contributed by atoms with E-state index in [9.17, 15) is 4.79 Å². The van der Waals surface area contributed by atoms with Gasteiger partial charge in [0.15, 0.2) is 0 Å². The summed E-state index contributed by atoms with van der Waals surface area (Å²) in [7, 11) is 3.32. The number of carbonyl (C=O) groups excluding carboxylic acids is 1. The maximum atomic E-state index is 12.3. The number of carbonyl (C=O) groups is 1. The van der Waals surface area contributed by atoms with Gasteiger partial charge >= 0.3 is 0 Å². The highest BCUT2D eigenvalue weighted by molar-refractivity contribution is 5.76. The van der Waals surface area contributed by atoms with Crippen LogP contribution in [0, 0.1) is 0 Å². The molecule has 0 spiro atoms. The van der Waals surface area contributed by atoms with Crippen LogP contribution in [0.5, 0.6) is 0 Å². The Bertz CT molecular complexity index is 285. The molecule has 0 aromatic rings. The predicted octanol–water partition coefficient (Wildman–Crippen LogP) is -0.0806. The molecule has 1 fully saturated rings. The van der Waals surface area contributed by atoms with Crippen molar-refractivity contribution < 1.29 is 14.3 Å². The lowest BCUT2D eigenvalue weighted by Crippen LogP contribution is -2.55. The summed E-state index contributed by atoms with van der Waals surface area (Å²) >= 11 is 0. The van der Waals surface area contributed by atoms with Crippen molar-refractivity contribution in [1.29, 1.82) is 0 Å². The lowest BCUT2D eigenvalue weighted by molar-refractivity contribution is -0.136. The van der Waals surface area contributed by atoms with Crippen molar-refractivity contribution in [3.63, 3.8) is 0 Å². The molecular formula is C14H29N3O3. The summed E-state index contributed by atoms with van der Waals surface area (Å²) in [6.07, 6.45) is 1.24. The summed E-state index contributed by atoms with van der Waals surface area (Å²) in [6, 6.07) is 0.418. The molecule has 118 valence electrons. The summed E-state index contributed by atoms with van der Waals surface area (Å²) in [5, 5.41) is 0. The highest BCUT2D eigenvalue weighted by Gasteiger charge is 2.28. The minimum Gasteiger partial charge on any atom is -0.383 e. The van der Waals surface area contributed by atoms with Gasteiger partial charge in [0.05, 0.1) is 19.1 Å². The number of nitrogens with two attached hydrogens (primary N) is 1. The number of hydrogen-bond acceptors (Lipinski definition) is 5. The van der Waals surface area contributed by atoms with Crippen LogP contribution in [0.25, 0.3) is 0 Å². The van der Waals surface area contributed by atoms with Crippen LogP contribution in [0.4, 0.5) is 0 Å². The third-order valence-electron chi connectivity index (χ3n) is 4.01. The number of ether oxygens (including phenoxy) is 2. The number of rotatable bonds is 8. The van der Waals surface area contributed by atoms with E-state index in [0.29, 0.717) is 19.0 Å². The molecule has 1 rings (SSSR count). The summed E-state index contributed by atoms with van der Waals surface area (Å²) in [4.78, 5) is 16.6. The van der Waals surface area contributed by atoms with Crippen molar-refractivity contribution in [3.05, 3.63) is 0 Å². The normalized spacial score (nSPS) is 22.0. The summed E-state index contributed by atoms with van der Waals surface area (Å²) < 4.78 is 10.3. The fourth-order valence-electron chi connectivity index (χ4n) is 2.60. The Labute approximate surface area is 122 Å². The molecule has 0 bridgehead atoms. The van der Waals surface area contributed by atoms with Crippen molar-refractivity contribution in [1.82, 2.24) is 9.80 Å². The minimum absolute atomic E-state index is 0.146. The molecular weight excluding hydrogens is 258 g/mol. The number of piperazine rings is 1. The molecule has 1 aliphatic rings. The number of hydrogen-bond donors (Lipinski definition) is 1. The van der Waals surface area contributed by atoms with E-state index < -0.39 is 0 Å². The van der Waals surface area contributed by atoms with Crippen LogP contribution in [0.15, 0.2) is 0 Å². The van der Waals surface area contributed by atoms with Crippen LogP contribution < -0.4 is 5.73 Å². The van der Waals surface area contributed by atoms with Gasteiger partial charge in [-0.15, -0.1) is 0 Å². The Morgan fingerprint density at radius 2 is 2.15 bits per heavy atom. The molecule has 20 heavy (non-hydrogen) atoms. The van der Waals surface area contributed by atoms with E-state index in [1.165, 1.54) is 0 Å². The monoisotopic (exact) mass is 287 g/mol. The number of methoxy groups -OCH3 is 2. The molecule has 2 N–H and O–H groups in total. The molecule has 6 heteroatoms. The maximum absolute atomic E-state index is 12.3. The Kier molecular flexibility index (Phi) is 8.06. The van der Waals surface area contributed by atoms with Crippen molar-refractivity contribution in [3.8, 4) is 0 Å². The average Bonchev–Trinajstić information content (AvgIpc) is 2.49. The second-order valence-electron chi connectivity index (χ2n) is 5.23. The Balaban J connectivity index is 2.48. The fraction of sp³-hybridized carbons (Fsp3) is 0.929. The lowest BCUT2D eigenvalue weighted by atomic mass is 10.1. The van der Waals surface area contributed by atoms with Crippen LogP contribution in [0.1, 0.15) is 19.8 Å². The molecule has 6 nitrogen and oxygen atoms in total. The first-order valence-electron chi connectivity index (χ1n) is 7.39. The smallest absolute Gasteiger partial charge is 0.225 e. The van der Waals surface area contributed by atoms with Crippen LogP contribution in [0.3, 0.4) is 0 Å². The maximum Gasteiger partial charge on any atom is 0.225 e. The first-order chi connectivity index (χ1) is 9.65. The van der Waals surface area contributed by atoms with Gasteiger partial charge in [-0.25, -0.2) is 0 Å². The van der Waals surface area contributed by atoms with E-state index in [2.05, 4.69) is 11.8 Å². The van der Waals surface area contributed by atoms with E-state index in [4.69, 9.17) is 15.2 Å². The van der Waals surface area contributed by atoms with Crippen molar-refractivity contribution >= 4 is 5.91 Å². The van der Waals surface area contributed by atoms with Gasteiger partial charge in [0.1, 0.15) is 0 Å². The third-order valence-corrected chi connectivity index (χ3v) is 4.01. The van der Waals surface area contributed by atoms with E-state index in [1.54, 1.807) is 14.2 Å². The van der Waals surface area contributed by atoms with Gasteiger partial charge in [-0.05, 0) is 6.42 Å². The number of nitrogens with zero attached hydrogens (tertiary/aromatic N) is 2. The molecule has 1 saturated heterocycles. The number of amides is 1. The fourth-order valence-corrected chi connectivity index (χ4v) is 2.60. The molecule has 1 heterocycles. The van der Waals surface area contributed by atoms with Crippen molar-refractivity contribution in [2.24, 2.45) is 5.73 Å². The van der Waals surface area contributed by atoms with Gasteiger partial charge in [-0.1, -0.05) is 6.92 Å². The summed E-state index contributed by atoms with van der Waals surface area (Å²) in [6.45, 7) is 6.70. The van der Waals surface area contributed by atoms with E-state index in [1.807, 2.05) is 4.90 Å². The zero-order chi connectivity index (χ0) is 15.0. The highest BCUT2D eigenvalue weighted by atomic mass is 16.5. The molecule has 2 unspecified atom stereocenters. The molecule has 1 amide bonds. The zero-order valence-corrected chi connectivity index (χ0v) is 13.0. The van der Waals surface area contributed by atoms with E-state index in [-0.39, 0.29) is 12.0 Å². The Morgan fingerprint density at radius 1 is 1.40 bits per heavy atom. The van der Waals surface area contributed by atoms with Crippen molar-refractivity contribution in [2.45, 2.75) is 31.9 Å². The zero-order valence-electron chi connectivity index (χ0n) is 13.0. The van der Waals surface area contributed by atoms with E-state index >= 15 is 0 Å². The first kappa shape index (κ1) is 17.4. The van der Waals surface area contributed by atoms with Gasteiger partial charge < -0.3 is 20.1 Å². The van der Waals surface area contributed by atoms with Crippen LogP contribution in [-0.4, -0.2) is 81.4 Å². The van der Waals surface area contributed by atoms with Gasteiger partial charge in [-0.3, -0.25) is 9.69 Å². The standard InChI is InChI=1S/C14H29N3O3/c1-4-12-11-17(6-5-16(12)7-8-19-2)14(18)9-13(10-15)20-3/h12-13H,4-11,15H2,1-3H3. The van der Waals surface area contributed by atoms with Crippen molar-refractivity contribution in [2.75, 3.05) is 53.6 Å². The minimum atomic E-state index is -0.172. The molecule has 0 radical (unpaired) electrons. The van der Waals surface area contributed by atoms with Crippen LogP contribution >= 0.6 is 0 Å². The van der Waals surface area contributed by atoms with Gasteiger partial charge in [0.2, 0.25) is 5.91 Å². The largest absolute Gasteiger partial charge is 0.383 e. The Hall–Kier alpha value is -0.690. The summed E-state index contributed by atoms with van der Waals surface area (Å²) in [5.41, 5.74) is 5.57. The van der Waals surface area contributed by atoms with Crippen LogP contribution in [-0.2, 0) is 14.3 Å². The second kappa shape index (κ2) is 9.28. The Morgan fingerprint density at radius 3 is 2.70 bits per heavy atom. The molecule has 2 atom stereocenters. The average molecular weight is 287 g/mol. The first-order valence-corrected chi connectivity index (χ1v) is 7.39. The van der Waals surface area contributed by atoms with E-state index in [0.717, 1.165) is 39.2 Å². The van der Waals surface area contributed by atoms with Gasteiger partial charge in [0.25, 0.3) is 0 Å². The van der Waals surface area contributed by atoms with Gasteiger partial charge in [0, 0.05) is 53.0 Å². The lowest BCUT2D eigenvalue weighted by Gasteiger charge is -2.41.